The quantitative estimate of drug-likeness (QED) is 0.638. The molecule has 1 aliphatic heterocycles. The lowest BCUT2D eigenvalue weighted by Gasteiger charge is -2.36. The number of benzene rings is 2. The van der Waals surface area contributed by atoms with Crippen LogP contribution in [0.25, 0.3) is 10.9 Å². The van der Waals surface area contributed by atoms with Gasteiger partial charge in [-0.1, -0.05) is 48.5 Å². The van der Waals surface area contributed by atoms with E-state index in [1.54, 1.807) is 0 Å². The molecule has 3 aromatic rings. The molecule has 1 fully saturated rings. The zero-order valence-corrected chi connectivity index (χ0v) is 18.3. The van der Waals surface area contributed by atoms with Crippen molar-refractivity contribution in [3.63, 3.8) is 0 Å². The Morgan fingerprint density at radius 3 is 2.43 bits per heavy atom. The van der Waals surface area contributed by atoms with Crippen LogP contribution in [-0.2, 0) is 11.2 Å². The summed E-state index contributed by atoms with van der Waals surface area (Å²) in [6.45, 7) is 8.04. The molecular formula is C26H33N3O. The van der Waals surface area contributed by atoms with Gasteiger partial charge in [-0.2, -0.15) is 0 Å². The molecule has 1 saturated heterocycles. The summed E-state index contributed by atoms with van der Waals surface area (Å²) in [6, 6.07) is 18.8. The number of rotatable bonds is 5. The van der Waals surface area contributed by atoms with Crippen molar-refractivity contribution in [3.05, 3.63) is 71.9 Å². The third kappa shape index (κ3) is 4.76. The van der Waals surface area contributed by atoms with Crippen LogP contribution in [-0.4, -0.2) is 40.5 Å². The van der Waals surface area contributed by atoms with Gasteiger partial charge >= 0.3 is 0 Å². The molecule has 1 amide bonds. The number of H-pyrrole nitrogens is 1. The SMILES string of the molecule is CC(C)(C)NC(Cc1c[nH]c2ccccc12)C(=O)N1CCC(c2ccccc2)CC1. The van der Waals surface area contributed by atoms with Gasteiger partial charge in [-0.3, -0.25) is 4.79 Å². The second-order valence-electron chi connectivity index (χ2n) is 9.52. The van der Waals surface area contributed by atoms with E-state index in [2.05, 4.69) is 90.7 Å². The highest BCUT2D eigenvalue weighted by Gasteiger charge is 2.31. The molecule has 1 unspecified atom stereocenters. The van der Waals surface area contributed by atoms with E-state index in [1.807, 2.05) is 6.07 Å². The zero-order chi connectivity index (χ0) is 21.1. The minimum Gasteiger partial charge on any atom is -0.361 e. The normalized spacial score (nSPS) is 16.7. The standard InChI is InChI=1S/C26H33N3O/c1-26(2,3)28-24(17-21-18-27-23-12-8-7-11-22(21)23)25(30)29-15-13-20(14-16-29)19-9-5-4-6-10-19/h4-12,18,20,24,27-28H,13-17H2,1-3H3. The minimum absolute atomic E-state index is 0.130. The third-order valence-corrected chi connectivity index (χ3v) is 6.08. The maximum Gasteiger partial charge on any atom is 0.240 e. The van der Waals surface area contributed by atoms with Crippen LogP contribution in [0.2, 0.25) is 0 Å². The van der Waals surface area contributed by atoms with Gasteiger partial charge in [-0.15, -0.1) is 0 Å². The number of fused-ring (bicyclic) bond motifs is 1. The van der Waals surface area contributed by atoms with E-state index in [0.717, 1.165) is 31.4 Å². The summed E-state index contributed by atoms with van der Waals surface area (Å²) in [4.78, 5) is 18.9. The van der Waals surface area contributed by atoms with E-state index in [0.29, 0.717) is 12.3 Å². The second-order valence-corrected chi connectivity index (χ2v) is 9.52. The molecule has 0 spiro atoms. The number of hydrogen-bond donors (Lipinski definition) is 2. The molecule has 0 saturated carbocycles. The van der Waals surface area contributed by atoms with Crippen LogP contribution in [0.15, 0.2) is 60.8 Å². The summed E-state index contributed by atoms with van der Waals surface area (Å²) >= 11 is 0. The molecule has 2 heterocycles. The summed E-state index contributed by atoms with van der Waals surface area (Å²) in [7, 11) is 0. The highest BCUT2D eigenvalue weighted by Crippen LogP contribution is 2.28. The fourth-order valence-electron chi connectivity index (χ4n) is 4.62. The molecule has 0 aliphatic carbocycles. The fourth-order valence-corrected chi connectivity index (χ4v) is 4.62. The Balaban J connectivity index is 1.48. The van der Waals surface area contributed by atoms with Crippen LogP contribution in [0.4, 0.5) is 0 Å². The van der Waals surface area contributed by atoms with Gasteiger partial charge in [0, 0.05) is 35.7 Å². The maximum atomic E-state index is 13.5. The van der Waals surface area contributed by atoms with Crippen molar-refractivity contribution >= 4 is 16.8 Å². The number of hydrogen-bond acceptors (Lipinski definition) is 2. The van der Waals surface area contributed by atoms with E-state index in [4.69, 9.17) is 0 Å². The van der Waals surface area contributed by atoms with Crippen molar-refractivity contribution in [1.82, 2.24) is 15.2 Å². The topological polar surface area (TPSA) is 48.1 Å². The van der Waals surface area contributed by atoms with Crippen LogP contribution in [0, 0.1) is 0 Å². The Hall–Kier alpha value is -2.59. The number of nitrogens with one attached hydrogen (secondary N) is 2. The average molecular weight is 404 g/mol. The summed E-state index contributed by atoms with van der Waals surface area (Å²) in [5, 5.41) is 4.80. The van der Waals surface area contributed by atoms with Crippen LogP contribution >= 0.6 is 0 Å². The Morgan fingerprint density at radius 2 is 1.73 bits per heavy atom. The lowest BCUT2D eigenvalue weighted by atomic mass is 9.89. The molecular weight excluding hydrogens is 370 g/mol. The summed E-state index contributed by atoms with van der Waals surface area (Å²) in [5.41, 5.74) is 3.58. The molecule has 1 aromatic heterocycles. The van der Waals surface area contributed by atoms with Gasteiger partial charge in [0.25, 0.3) is 0 Å². The number of nitrogens with zero attached hydrogens (tertiary/aromatic N) is 1. The first-order valence-electron chi connectivity index (χ1n) is 11.1. The fraction of sp³-hybridized carbons (Fsp3) is 0.423. The molecule has 0 bridgehead atoms. The smallest absolute Gasteiger partial charge is 0.240 e. The number of amides is 1. The van der Waals surface area contributed by atoms with E-state index >= 15 is 0 Å². The van der Waals surface area contributed by atoms with E-state index in [9.17, 15) is 4.79 Å². The molecule has 2 N–H and O–H groups in total. The van der Waals surface area contributed by atoms with Crippen LogP contribution in [0.3, 0.4) is 0 Å². The number of piperidine rings is 1. The number of aromatic amines is 1. The molecule has 30 heavy (non-hydrogen) atoms. The Bertz CT molecular complexity index is 978. The number of likely N-dealkylation sites (tertiary alicyclic amines) is 1. The van der Waals surface area contributed by atoms with Crippen LogP contribution in [0.5, 0.6) is 0 Å². The van der Waals surface area contributed by atoms with Gasteiger partial charge in [0.2, 0.25) is 5.91 Å². The Morgan fingerprint density at radius 1 is 1.07 bits per heavy atom. The lowest BCUT2D eigenvalue weighted by molar-refractivity contribution is -0.135. The predicted octanol–water partition coefficient (Wildman–Crippen LogP) is 4.87. The van der Waals surface area contributed by atoms with Crippen molar-refractivity contribution in [2.24, 2.45) is 0 Å². The van der Waals surface area contributed by atoms with E-state index < -0.39 is 0 Å². The number of carbonyl (C=O) groups is 1. The maximum absolute atomic E-state index is 13.5. The predicted molar refractivity (Wildman–Crippen MR) is 124 cm³/mol. The lowest BCUT2D eigenvalue weighted by Crippen LogP contribution is -2.54. The van der Waals surface area contributed by atoms with Crippen molar-refractivity contribution in [3.8, 4) is 0 Å². The Kier molecular flexibility index (Phi) is 5.96. The summed E-state index contributed by atoms with van der Waals surface area (Å²) in [6.07, 6.45) is 4.81. The average Bonchev–Trinajstić information content (AvgIpc) is 3.15. The van der Waals surface area contributed by atoms with Crippen molar-refractivity contribution < 1.29 is 4.79 Å². The number of carbonyl (C=O) groups excluding carboxylic acids is 1. The first-order chi connectivity index (χ1) is 14.4. The Labute approximate surface area is 179 Å². The first kappa shape index (κ1) is 20.7. The molecule has 1 aliphatic rings. The summed E-state index contributed by atoms with van der Waals surface area (Å²) < 4.78 is 0. The van der Waals surface area contributed by atoms with Crippen molar-refractivity contribution in [1.29, 1.82) is 0 Å². The zero-order valence-electron chi connectivity index (χ0n) is 18.3. The van der Waals surface area contributed by atoms with Gasteiger partial charge in [-0.25, -0.2) is 0 Å². The van der Waals surface area contributed by atoms with E-state index in [1.165, 1.54) is 16.5 Å². The largest absolute Gasteiger partial charge is 0.361 e. The van der Waals surface area contributed by atoms with Crippen LogP contribution in [0.1, 0.15) is 50.7 Å². The van der Waals surface area contributed by atoms with E-state index in [-0.39, 0.29) is 17.5 Å². The highest BCUT2D eigenvalue weighted by molar-refractivity contribution is 5.86. The first-order valence-corrected chi connectivity index (χ1v) is 11.1. The number of para-hydroxylation sites is 1. The van der Waals surface area contributed by atoms with Gasteiger partial charge in [-0.05, 0) is 63.1 Å². The minimum atomic E-state index is -0.225. The van der Waals surface area contributed by atoms with Gasteiger partial charge in [0.05, 0.1) is 6.04 Å². The third-order valence-electron chi connectivity index (χ3n) is 6.08. The molecule has 158 valence electrons. The molecule has 2 aromatic carbocycles. The van der Waals surface area contributed by atoms with Crippen molar-refractivity contribution in [2.75, 3.05) is 13.1 Å². The summed E-state index contributed by atoms with van der Waals surface area (Å²) in [5.74, 6) is 0.777. The van der Waals surface area contributed by atoms with Gasteiger partial charge in [0.15, 0.2) is 0 Å². The number of aromatic nitrogens is 1. The molecule has 4 rings (SSSR count). The van der Waals surface area contributed by atoms with Crippen molar-refractivity contribution in [2.45, 2.75) is 57.5 Å². The van der Waals surface area contributed by atoms with Gasteiger partial charge in [0.1, 0.15) is 0 Å². The molecule has 4 nitrogen and oxygen atoms in total. The monoisotopic (exact) mass is 403 g/mol. The highest BCUT2D eigenvalue weighted by atomic mass is 16.2. The molecule has 0 radical (unpaired) electrons. The van der Waals surface area contributed by atoms with Gasteiger partial charge < -0.3 is 15.2 Å². The van der Waals surface area contributed by atoms with Crippen LogP contribution < -0.4 is 5.32 Å². The second kappa shape index (κ2) is 8.65. The molecule has 1 atom stereocenters. The molecule has 4 heteroatoms.